The first-order valence-electron chi connectivity index (χ1n) is 16.3. The number of amides is 2. The molecule has 1 saturated heterocycles. The maximum atomic E-state index is 13.7. The van der Waals surface area contributed by atoms with Gasteiger partial charge < -0.3 is 30.4 Å². The van der Waals surface area contributed by atoms with Crippen molar-refractivity contribution in [3.05, 3.63) is 70.8 Å². The van der Waals surface area contributed by atoms with E-state index in [9.17, 15) is 34.6 Å². The summed E-state index contributed by atoms with van der Waals surface area (Å²) >= 11 is 0. The van der Waals surface area contributed by atoms with Crippen LogP contribution in [-0.4, -0.2) is 80.5 Å². The van der Waals surface area contributed by atoms with E-state index in [2.05, 4.69) is 10.6 Å². The molecule has 1 fully saturated rings. The summed E-state index contributed by atoms with van der Waals surface area (Å²) in [6, 6.07) is 12.3. The highest BCUT2D eigenvalue weighted by atomic mass is 16.5. The van der Waals surface area contributed by atoms with Gasteiger partial charge in [-0.2, -0.15) is 5.06 Å². The predicted octanol–water partition coefficient (Wildman–Crippen LogP) is 4.38. The van der Waals surface area contributed by atoms with Gasteiger partial charge >= 0.3 is 18.0 Å². The third-order valence-electron chi connectivity index (χ3n) is 9.40. The molecule has 47 heavy (non-hydrogen) atoms. The summed E-state index contributed by atoms with van der Waals surface area (Å²) in [5.41, 5.74) is 2.56. The van der Waals surface area contributed by atoms with E-state index >= 15 is 0 Å². The first-order chi connectivity index (χ1) is 22.2. The highest BCUT2D eigenvalue weighted by molar-refractivity contribution is 5.88. The van der Waals surface area contributed by atoms with Crippen molar-refractivity contribution in [3.8, 4) is 0 Å². The number of carbonyl (C=O) groups is 4. The molecule has 256 valence electrons. The Morgan fingerprint density at radius 2 is 1.62 bits per heavy atom. The molecule has 12 heteroatoms. The van der Waals surface area contributed by atoms with Crippen LogP contribution in [0.5, 0.6) is 0 Å². The van der Waals surface area contributed by atoms with Crippen molar-refractivity contribution in [2.75, 3.05) is 13.1 Å². The summed E-state index contributed by atoms with van der Waals surface area (Å²) in [5.74, 6) is -2.61. The molecule has 2 amide bonds. The number of aliphatic carboxylic acids is 2. The second-order valence-electron chi connectivity index (χ2n) is 13.5. The average molecular weight is 653 g/mol. The van der Waals surface area contributed by atoms with Crippen LogP contribution in [0.15, 0.2) is 48.5 Å². The predicted molar refractivity (Wildman–Crippen MR) is 174 cm³/mol. The van der Waals surface area contributed by atoms with E-state index < -0.39 is 53.1 Å². The van der Waals surface area contributed by atoms with Crippen molar-refractivity contribution in [3.63, 3.8) is 0 Å². The normalized spacial score (nSPS) is 19.5. The standard InChI is InChI=1S/C35H48N4O8/c1-34(2)25-17-15-23(21-26(25)35(3,4)39(34)46)16-18-28(31(41)42)37-27(30(40)38-20-10-14-29(38)32(43)44)13-8-9-19-36-33(45)47-22-24-11-6-5-7-12-24/h5-7,11-12,15,17,21,27-29,37,46H,8-10,13-14,16,18-20,22H2,1-4H3,(H,36,45)(H,41,42)(H,43,44)/t27-,28-,29-/m0/s1. The Balaban J connectivity index is 1.38. The Morgan fingerprint density at radius 1 is 0.915 bits per heavy atom. The lowest BCUT2D eigenvalue weighted by Gasteiger charge is -2.34. The summed E-state index contributed by atoms with van der Waals surface area (Å²) in [6.45, 7) is 8.52. The lowest BCUT2D eigenvalue weighted by atomic mass is 9.88. The Hall–Kier alpha value is -4.00. The number of hydrogen-bond donors (Lipinski definition) is 5. The van der Waals surface area contributed by atoms with Crippen LogP contribution >= 0.6 is 0 Å². The van der Waals surface area contributed by atoms with Gasteiger partial charge in [-0.05, 0) is 94.9 Å². The highest BCUT2D eigenvalue weighted by Gasteiger charge is 2.48. The molecule has 5 N–H and O–H groups in total. The molecule has 0 radical (unpaired) electrons. The van der Waals surface area contributed by atoms with Crippen molar-refractivity contribution >= 4 is 23.9 Å². The largest absolute Gasteiger partial charge is 0.480 e. The summed E-state index contributed by atoms with van der Waals surface area (Å²) in [7, 11) is 0. The third-order valence-corrected chi connectivity index (χ3v) is 9.40. The minimum absolute atomic E-state index is 0.144. The number of carbonyl (C=O) groups excluding carboxylic acids is 2. The quantitative estimate of drug-likeness (QED) is 0.174. The van der Waals surface area contributed by atoms with E-state index in [1.165, 1.54) is 9.96 Å². The van der Waals surface area contributed by atoms with Gasteiger partial charge in [0, 0.05) is 13.1 Å². The molecule has 2 aromatic rings. The molecule has 4 rings (SSSR count). The van der Waals surface area contributed by atoms with E-state index in [1.807, 2.05) is 76.2 Å². The molecule has 0 unspecified atom stereocenters. The molecule has 0 aliphatic carbocycles. The molecule has 0 spiro atoms. The summed E-state index contributed by atoms with van der Waals surface area (Å²) in [4.78, 5) is 51.4. The molecule has 2 aliphatic rings. The number of aryl methyl sites for hydroxylation is 1. The number of unbranched alkanes of at least 4 members (excludes halogenated alkanes) is 1. The maximum Gasteiger partial charge on any atom is 0.407 e. The van der Waals surface area contributed by atoms with E-state index in [0.29, 0.717) is 45.2 Å². The number of nitrogens with zero attached hydrogens (tertiary/aromatic N) is 2. The smallest absolute Gasteiger partial charge is 0.407 e. The Bertz CT molecular complexity index is 1430. The number of rotatable bonds is 15. The number of likely N-dealkylation sites (tertiary alicyclic amines) is 1. The fourth-order valence-electron chi connectivity index (χ4n) is 6.75. The fraction of sp³-hybridized carbons (Fsp3) is 0.543. The minimum atomic E-state index is -1.11. The lowest BCUT2D eigenvalue weighted by molar-refractivity contribution is -0.216. The van der Waals surface area contributed by atoms with Gasteiger partial charge in [-0.25, -0.2) is 9.59 Å². The Labute approximate surface area is 276 Å². The van der Waals surface area contributed by atoms with Crippen LogP contribution in [0.4, 0.5) is 4.79 Å². The van der Waals surface area contributed by atoms with Gasteiger partial charge in [0.05, 0.1) is 17.1 Å². The molecule has 0 aromatic heterocycles. The molecule has 2 heterocycles. The van der Waals surface area contributed by atoms with Gasteiger partial charge in [0.2, 0.25) is 5.91 Å². The number of nitrogens with one attached hydrogen (secondary N) is 2. The maximum absolute atomic E-state index is 13.7. The van der Waals surface area contributed by atoms with E-state index in [1.54, 1.807) is 0 Å². The van der Waals surface area contributed by atoms with Crippen molar-refractivity contribution < 1.29 is 39.3 Å². The van der Waals surface area contributed by atoms with Crippen LogP contribution < -0.4 is 10.6 Å². The van der Waals surface area contributed by atoms with E-state index in [0.717, 1.165) is 22.3 Å². The zero-order chi connectivity index (χ0) is 34.4. The first-order valence-corrected chi connectivity index (χ1v) is 16.3. The number of hydroxylamine groups is 2. The van der Waals surface area contributed by atoms with Crippen molar-refractivity contribution in [2.24, 2.45) is 0 Å². The van der Waals surface area contributed by atoms with Crippen LogP contribution in [0.25, 0.3) is 0 Å². The van der Waals surface area contributed by atoms with E-state index in [4.69, 9.17) is 4.74 Å². The molecule has 2 aliphatic heterocycles. The molecule has 0 bridgehead atoms. The molecule has 0 saturated carbocycles. The Morgan fingerprint density at radius 3 is 2.30 bits per heavy atom. The molecular formula is C35H48N4O8. The van der Waals surface area contributed by atoms with E-state index in [-0.39, 0.29) is 19.4 Å². The van der Waals surface area contributed by atoms with Crippen molar-refractivity contribution in [2.45, 2.75) is 108 Å². The molecule has 12 nitrogen and oxygen atoms in total. The van der Waals surface area contributed by atoms with Crippen LogP contribution in [0.3, 0.4) is 0 Å². The lowest BCUT2D eigenvalue weighted by Crippen LogP contribution is -2.54. The topological polar surface area (TPSA) is 169 Å². The molecular weight excluding hydrogens is 604 g/mol. The average Bonchev–Trinajstić information content (AvgIpc) is 3.58. The molecule has 3 atom stereocenters. The second-order valence-corrected chi connectivity index (χ2v) is 13.5. The van der Waals surface area contributed by atoms with Crippen LogP contribution in [0.1, 0.15) is 88.5 Å². The zero-order valence-electron chi connectivity index (χ0n) is 27.7. The van der Waals surface area contributed by atoms with Gasteiger partial charge in [-0.3, -0.25) is 14.9 Å². The minimum Gasteiger partial charge on any atom is -0.480 e. The van der Waals surface area contributed by atoms with Gasteiger partial charge in [0.15, 0.2) is 0 Å². The highest BCUT2D eigenvalue weighted by Crippen LogP contribution is 2.48. The van der Waals surface area contributed by atoms with Gasteiger partial charge in [0.25, 0.3) is 0 Å². The SMILES string of the molecule is CC1(C)c2ccc(CC[C@H](N[C@@H](CCCCNC(=O)OCc3ccccc3)C(=O)N3CCC[C@H]3C(=O)O)C(=O)O)cc2C(C)(C)N1O. The first kappa shape index (κ1) is 35.8. The van der Waals surface area contributed by atoms with Crippen molar-refractivity contribution in [1.29, 1.82) is 0 Å². The number of carboxylic acid groups (broad SMARTS) is 2. The number of hydrogen-bond acceptors (Lipinski definition) is 8. The van der Waals surface area contributed by atoms with Gasteiger partial charge in [-0.15, -0.1) is 0 Å². The number of fused-ring (bicyclic) bond motifs is 1. The Kier molecular flexibility index (Phi) is 11.6. The number of benzene rings is 2. The number of alkyl carbamates (subject to hydrolysis) is 1. The third kappa shape index (κ3) is 8.48. The fourth-order valence-corrected chi connectivity index (χ4v) is 6.75. The summed E-state index contributed by atoms with van der Waals surface area (Å²) in [5, 5.41) is 37.7. The van der Waals surface area contributed by atoms with Crippen LogP contribution in [0.2, 0.25) is 0 Å². The monoisotopic (exact) mass is 652 g/mol. The van der Waals surface area contributed by atoms with Gasteiger partial charge in [-0.1, -0.05) is 48.5 Å². The number of carboxylic acids is 2. The van der Waals surface area contributed by atoms with Crippen molar-refractivity contribution in [1.82, 2.24) is 20.6 Å². The summed E-state index contributed by atoms with van der Waals surface area (Å²) < 4.78 is 5.23. The second kappa shape index (κ2) is 15.3. The van der Waals surface area contributed by atoms with Crippen LogP contribution in [-0.2, 0) is 43.2 Å². The van der Waals surface area contributed by atoms with Gasteiger partial charge in [0.1, 0.15) is 18.7 Å². The molecule has 2 aromatic carbocycles. The zero-order valence-corrected chi connectivity index (χ0v) is 27.7. The number of ether oxygens (including phenoxy) is 1. The van der Waals surface area contributed by atoms with Crippen LogP contribution in [0, 0.1) is 0 Å². The summed E-state index contributed by atoms with van der Waals surface area (Å²) in [6.07, 6.45) is 2.21.